The molecule has 5 nitrogen and oxygen atoms in total. The van der Waals surface area contributed by atoms with E-state index in [4.69, 9.17) is 17.4 Å². The molecule has 0 amide bonds. The van der Waals surface area contributed by atoms with E-state index in [1.807, 2.05) is 22.9 Å². The lowest BCUT2D eigenvalue weighted by Crippen LogP contribution is -2.31. The van der Waals surface area contributed by atoms with Crippen LogP contribution in [0.1, 0.15) is 37.3 Å². The van der Waals surface area contributed by atoms with Crippen LogP contribution in [0.4, 0.5) is 0 Å². The molecule has 7 heteroatoms. The van der Waals surface area contributed by atoms with Crippen LogP contribution in [0.5, 0.6) is 0 Å². The highest BCUT2D eigenvalue weighted by atomic mass is 127. The monoisotopic (exact) mass is 405 g/mol. The van der Waals surface area contributed by atoms with Crippen LogP contribution in [0.25, 0.3) is 0 Å². The molecule has 108 valence electrons. The molecule has 1 atom stereocenters. The molecule has 1 aromatic heterocycles. The average molecular weight is 406 g/mol. The molecular weight excluding hydrogens is 389 g/mol. The number of halogens is 2. The van der Waals surface area contributed by atoms with Crippen molar-refractivity contribution in [1.29, 1.82) is 0 Å². The first-order chi connectivity index (χ1) is 9.52. The Morgan fingerprint density at radius 3 is 2.85 bits per heavy atom. The average Bonchev–Trinajstić information content (AvgIpc) is 2.87. The molecule has 0 radical (unpaired) electrons. The van der Waals surface area contributed by atoms with E-state index in [0.29, 0.717) is 11.4 Å². The summed E-state index contributed by atoms with van der Waals surface area (Å²) in [7, 11) is 0. The zero-order valence-corrected chi connectivity index (χ0v) is 14.3. The molecule has 0 aliphatic carbocycles. The number of benzene rings is 1. The second-order valence-electron chi connectivity index (χ2n) is 4.80. The van der Waals surface area contributed by atoms with Crippen LogP contribution in [-0.2, 0) is 6.42 Å². The summed E-state index contributed by atoms with van der Waals surface area (Å²) in [5.41, 5.74) is 3.91. The first-order valence-electron chi connectivity index (χ1n) is 6.32. The lowest BCUT2D eigenvalue weighted by molar-refractivity contribution is 0.468. The molecule has 2 rings (SSSR count). The van der Waals surface area contributed by atoms with Gasteiger partial charge in [0.2, 0.25) is 0 Å². The van der Waals surface area contributed by atoms with Crippen molar-refractivity contribution in [2.45, 2.75) is 32.4 Å². The number of nitrogens with zero attached hydrogens (tertiary/aromatic N) is 3. The standard InChI is InChI=1S/C13H17ClIN5/c1-8(2)20-13(17-7-18-20)6-12(19-16)10-5-9(14)3-4-11(10)15/h3-5,7-8,12,19H,6,16H2,1-2H3. The summed E-state index contributed by atoms with van der Waals surface area (Å²) in [6, 6.07) is 6.00. The Morgan fingerprint density at radius 2 is 2.20 bits per heavy atom. The van der Waals surface area contributed by atoms with Gasteiger partial charge in [0, 0.05) is 21.1 Å². The fourth-order valence-electron chi connectivity index (χ4n) is 2.07. The van der Waals surface area contributed by atoms with E-state index in [2.05, 4.69) is 51.9 Å². The number of hydrogen-bond acceptors (Lipinski definition) is 4. The van der Waals surface area contributed by atoms with Crippen molar-refractivity contribution >= 4 is 34.2 Å². The van der Waals surface area contributed by atoms with Gasteiger partial charge in [0.1, 0.15) is 12.2 Å². The van der Waals surface area contributed by atoms with Crippen molar-refractivity contribution in [3.8, 4) is 0 Å². The van der Waals surface area contributed by atoms with Gasteiger partial charge in [-0.2, -0.15) is 5.10 Å². The number of rotatable bonds is 5. The van der Waals surface area contributed by atoms with E-state index in [1.54, 1.807) is 6.33 Å². The summed E-state index contributed by atoms with van der Waals surface area (Å²) in [5, 5.41) is 4.95. The smallest absolute Gasteiger partial charge is 0.138 e. The van der Waals surface area contributed by atoms with Gasteiger partial charge >= 0.3 is 0 Å². The van der Waals surface area contributed by atoms with Gasteiger partial charge < -0.3 is 0 Å². The van der Waals surface area contributed by atoms with Crippen LogP contribution in [0.2, 0.25) is 5.02 Å². The quantitative estimate of drug-likeness (QED) is 0.456. The Morgan fingerprint density at radius 1 is 1.45 bits per heavy atom. The van der Waals surface area contributed by atoms with Crippen molar-refractivity contribution < 1.29 is 0 Å². The highest BCUT2D eigenvalue weighted by molar-refractivity contribution is 14.1. The van der Waals surface area contributed by atoms with Crippen molar-refractivity contribution in [1.82, 2.24) is 20.2 Å². The Labute approximate surface area is 137 Å². The maximum Gasteiger partial charge on any atom is 0.138 e. The maximum atomic E-state index is 6.08. The third kappa shape index (κ3) is 3.49. The van der Waals surface area contributed by atoms with Gasteiger partial charge in [-0.05, 0) is 60.2 Å². The lowest BCUT2D eigenvalue weighted by Gasteiger charge is -2.19. The van der Waals surface area contributed by atoms with Gasteiger partial charge in [0.05, 0.1) is 6.04 Å². The second kappa shape index (κ2) is 6.84. The Balaban J connectivity index is 2.29. The molecule has 0 aliphatic rings. The van der Waals surface area contributed by atoms with Crippen LogP contribution in [0, 0.1) is 3.57 Å². The lowest BCUT2D eigenvalue weighted by atomic mass is 10.0. The summed E-state index contributed by atoms with van der Waals surface area (Å²) < 4.78 is 3.02. The van der Waals surface area contributed by atoms with Crippen LogP contribution in [0.15, 0.2) is 24.5 Å². The third-order valence-electron chi connectivity index (χ3n) is 3.06. The fourth-order valence-corrected chi connectivity index (χ4v) is 2.97. The molecule has 0 saturated heterocycles. The molecule has 1 heterocycles. The minimum atomic E-state index is -0.0534. The summed E-state index contributed by atoms with van der Waals surface area (Å²) >= 11 is 8.36. The number of aromatic nitrogens is 3. The summed E-state index contributed by atoms with van der Waals surface area (Å²) in [5.74, 6) is 6.61. The Kier molecular flexibility index (Phi) is 5.36. The van der Waals surface area contributed by atoms with Gasteiger partial charge in [-0.25, -0.2) is 9.67 Å². The van der Waals surface area contributed by atoms with Crippen molar-refractivity contribution in [3.63, 3.8) is 0 Å². The molecule has 3 N–H and O–H groups in total. The van der Waals surface area contributed by atoms with Crippen LogP contribution in [0.3, 0.4) is 0 Å². The molecule has 0 saturated carbocycles. The first-order valence-corrected chi connectivity index (χ1v) is 7.78. The molecule has 0 spiro atoms. The molecule has 20 heavy (non-hydrogen) atoms. The van der Waals surface area contributed by atoms with E-state index in [9.17, 15) is 0 Å². The maximum absolute atomic E-state index is 6.08. The zero-order chi connectivity index (χ0) is 14.7. The van der Waals surface area contributed by atoms with E-state index >= 15 is 0 Å². The van der Waals surface area contributed by atoms with E-state index in [1.165, 1.54) is 0 Å². The van der Waals surface area contributed by atoms with E-state index < -0.39 is 0 Å². The SMILES string of the molecule is CC(C)n1ncnc1CC(NN)c1cc(Cl)ccc1I. The minimum Gasteiger partial charge on any atom is -0.271 e. The number of nitrogens with one attached hydrogen (secondary N) is 1. The van der Waals surface area contributed by atoms with E-state index in [0.717, 1.165) is 15.0 Å². The molecule has 0 fully saturated rings. The van der Waals surface area contributed by atoms with Gasteiger partial charge in [-0.3, -0.25) is 11.3 Å². The van der Waals surface area contributed by atoms with Gasteiger partial charge in [-0.15, -0.1) is 0 Å². The Bertz CT molecular complexity index is 584. The summed E-state index contributed by atoms with van der Waals surface area (Å²) in [6.07, 6.45) is 2.23. The number of hydrogen-bond donors (Lipinski definition) is 2. The fraction of sp³-hybridized carbons (Fsp3) is 0.385. The zero-order valence-electron chi connectivity index (χ0n) is 11.3. The molecule has 2 aromatic rings. The molecule has 0 bridgehead atoms. The van der Waals surface area contributed by atoms with Crippen LogP contribution < -0.4 is 11.3 Å². The third-order valence-corrected chi connectivity index (χ3v) is 4.28. The number of nitrogens with two attached hydrogens (primary N) is 1. The number of hydrazine groups is 1. The predicted octanol–water partition coefficient (Wildman–Crippen LogP) is 2.86. The minimum absolute atomic E-state index is 0.0534. The summed E-state index contributed by atoms with van der Waals surface area (Å²) in [6.45, 7) is 4.15. The van der Waals surface area contributed by atoms with Gasteiger partial charge in [0.25, 0.3) is 0 Å². The molecule has 1 aromatic carbocycles. The Hall–Kier alpha value is -0.700. The van der Waals surface area contributed by atoms with Gasteiger partial charge in [-0.1, -0.05) is 11.6 Å². The second-order valence-corrected chi connectivity index (χ2v) is 6.40. The molecule has 1 unspecified atom stereocenters. The highest BCUT2D eigenvalue weighted by Gasteiger charge is 2.18. The van der Waals surface area contributed by atoms with Crippen LogP contribution in [-0.4, -0.2) is 14.8 Å². The predicted molar refractivity (Wildman–Crippen MR) is 88.3 cm³/mol. The normalized spacial score (nSPS) is 12.9. The van der Waals surface area contributed by atoms with Crippen molar-refractivity contribution in [2.75, 3.05) is 0 Å². The van der Waals surface area contributed by atoms with Gasteiger partial charge in [0.15, 0.2) is 0 Å². The molecular formula is C13H17ClIN5. The highest BCUT2D eigenvalue weighted by Crippen LogP contribution is 2.26. The molecule has 0 aliphatic heterocycles. The van der Waals surface area contributed by atoms with Crippen molar-refractivity contribution in [3.05, 3.63) is 44.5 Å². The largest absolute Gasteiger partial charge is 0.271 e. The topological polar surface area (TPSA) is 68.8 Å². The van der Waals surface area contributed by atoms with Crippen LogP contribution >= 0.6 is 34.2 Å². The van der Waals surface area contributed by atoms with Crippen molar-refractivity contribution in [2.24, 2.45) is 5.84 Å². The van der Waals surface area contributed by atoms with E-state index in [-0.39, 0.29) is 12.1 Å². The first kappa shape index (κ1) is 15.7. The summed E-state index contributed by atoms with van der Waals surface area (Å²) in [4.78, 5) is 4.32.